The quantitative estimate of drug-likeness (QED) is 0.382. The SMILES string of the molecule is O=S(=O)(N/N=C/c1cn[nH]c1-c1ccc(Cl)cc1)c1ccc2ccccc2c1. The van der Waals surface area contributed by atoms with Crippen molar-refractivity contribution in [2.24, 2.45) is 5.10 Å². The van der Waals surface area contributed by atoms with Crippen LogP contribution in [0.2, 0.25) is 5.02 Å². The summed E-state index contributed by atoms with van der Waals surface area (Å²) in [5.74, 6) is 0. The lowest BCUT2D eigenvalue weighted by atomic mass is 10.1. The van der Waals surface area contributed by atoms with Gasteiger partial charge in [0.2, 0.25) is 0 Å². The number of halogens is 1. The van der Waals surface area contributed by atoms with E-state index in [4.69, 9.17) is 11.6 Å². The first-order valence-electron chi connectivity index (χ1n) is 8.36. The third-order valence-corrected chi connectivity index (χ3v) is 5.68. The largest absolute Gasteiger partial charge is 0.277 e. The topological polar surface area (TPSA) is 87.2 Å². The molecule has 0 fully saturated rings. The molecule has 0 aliphatic carbocycles. The molecule has 4 aromatic rings. The van der Waals surface area contributed by atoms with E-state index in [-0.39, 0.29) is 4.90 Å². The number of aromatic nitrogens is 2. The number of hydrazone groups is 1. The minimum Gasteiger partial charge on any atom is -0.277 e. The van der Waals surface area contributed by atoms with Crippen molar-refractivity contribution in [1.29, 1.82) is 0 Å². The average Bonchev–Trinajstić information content (AvgIpc) is 3.16. The summed E-state index contributed by atoms with van der Waals surface area (Å²) < 4.78 is 25.1. The highest BCUT2D eigenvalue weighted by atomic mass is 35.5. The summed E-state index contributed by atoms with van der Waals surface area (Å²) in [6.45, 7) is 0. The van der Waals surface area contributed by atoms with Crippen LogP contribution in [0.15, 0.2) is 82.9 Å². The van der Waals surface area contributed by atoms with E-state index in [1.165, 1.54) is 6.21 Å². The lowest BCUT2D eigenvalue weighted by Crippen LogP contribution is -2.18. The van der Waals surface area contributed by atoms with Crippen LogP contribution >= 0.6 is 11.6 Å². The highest BCUT2D eigenvalue weighted by Gasteiger charge is 2.13. The molecule has 0 atom stereocenters. The molecule has 0 radical (unpaired) electrons. The van der Waals surface area contributed by atoms with Gasteiger partial charge in [-0.1, -0.05) is 54.1 Å². The van der Waals surface area contributed by atoms with Crippen LogP contribution in [0.25, 0.3) is 22.0 Å². The molecular weight excluding hydrogens is 396 g/mol. The Kier molecular flexibility index (Phi) is 4.85. The summed E-state index contributed by atoms with van der Waals surface area (Å²) in [4.78, 5) is 2.39. The Hall–Kier alpha value is -3.16. The second-order valence-electron chi connectivity index (χ2n) is 6.07. The summed E-state index contributed by atoms with van der Waals surface area (Å²) in [6, 6.07) is 19.7. The third-order valence-electron chi connectivity index (χ3n) is 4.21. The highest BCUT2D eigenvalue weighted by molar-refractivity contribution is 7.89. The standard InChI is InChI=1S/C20H15ClN4O2S/c21-18-8-5-15(6-9-18)20-17(12-22-24-20)13-23-25-28(26,27)19-10-7-14-3-1-2-4-16(14)11-19/h1-13,25H,(H,22,24)/b23-13+. The number of fused-ring (bicyclic) bond motifs is 1. The maximum absolute atomic E-state index is 12.5. The van der Waals surface area contributed by atoms with Gasteiger partial charge in [0.05, 0.1) is 23.0 Å². The van der Waals surface area contributed by atoms with Crippen molar-refractivity contribution in [2.45, 2.75) is 4.90 Å². The van der Waals surface area contributed by atoms with E-state index in [1.807, 2.05) is 36.4 Å². The Bertz CT molecular complexity index is 1260. The molecule has 4 rings (SSSR count). The first kappa shape index (κ1) is 18.2. The molecule has 1 heterocycles. The summed E-state index contributed by atoms with van der Waals surface area (Å²) >= 11 is 5.91. The Morgan fingerprint density at radius 1 is 1.00 bits per heavy atom. The zero-order chi connectivity index (χ0) is 19.6. The smallest absolute Gasteiger partial charge is 0.276 e. The Morgan fingerprint density at radius 3 is 2.54 bits per heavy atom. The fourth-order valence-corrected chi connectivity index (χ4v) is 3.75. The number of sulfonamides is 1. The molecular formula is C20H15ClN4O2S. The van der Waals surface area contributed by atoms with Crippen LogP contribution in [-0.4, -0.2) is 24.8 Å². The molecule has 0 saturated heterocycles. The van der Waals surface area contributed by atoms with Gasteiger partial charge in [-0.3, -0.25) is 5.10 Å². The number of hydrogen-bond acceptors (Lipinski definition) is 4. The van der Waals surface area contributed by atoms with E-state index in [0.29, 0.717) is 16.3 Å². The van der Waals surface area contributed by atoms with Crippen molar-refractivity contribution in [1.82, 2.24) is 15.0 Å². The normalized spacial score (nSPS) is 11.9. The molecule has 0 amide bonds. The van der Waals surface area contributed by atoms with Crippen LogP contribution in [0, 0.1) is 0 Å². The molecule has 0 aliphatic heterocycles. The fourth-order valence-electron chi connectivity index (χ4n) is 2.79. The number of H-pyrrole nitrogens is 1. The minimum absolute atomic E-state index is 0.147. The predicted molar refractivity (Wildman–Crippen MR) is 111 cm³/mol. The minimum atomic E-state index is -3.78. The summed E-state index contributed by atoms with van der Waals surface area (Å²) in [5.41, 5.74) is 2.22. The van der Waals surface area contributed by atoms with Gasteiger partial charge in [0.15, 0.2) is 0 Å². The van der Waals surface area contributed by atoms with E-state index < -0.39 is 10.0 Å². The first-order valence-corrected chi connectivity index (χ1v) is 10.2. The Labute approximate surface area is 166 Å². The molecule has 0 unspecified atom stereocenters. The van der Waals surface area contributed by atoms with Crippen LogP contribution < -0.4 is 4.83 Å². The molecule has 1 aromatic heterocycles. The zero-order valence-electron chi connectivity index (χ0n) is 14.5. The molecule has 0 saturated carbocycles. The zero-order valence-corrected chi connectivity index (χ0v) is 16.1. The Balaban J connectivity index is 1.56. The number of nitrogens with one attached hydrogen (secondary N) is 2. The predicted octanol–water partition coefficient (Wildman–Crippen LogP) is 4.20. The average molecular weight is 411 g/mol. The molecule has 8 heteroatoms. The van der Waals surface area contributed by atoms with E-state index in [9.17, 15) is 8.42 Å². The van der Waals surface area contributed by atoms with Gasteiger partial charge >= 0.3 is 0 Å². The molecule has 0 spiro atoms. The van der Waals surface area contributed by atoms with E-state index in [1.54, 1.807) is 36.5 Å². The number of hydrogen-bond donors (Lipinski definition) is 2. The van der Waals surface area contributed by atoms with Gasteiger partial charge in [-0.2, -0.15) is 18.6 Å². The van der Waals surface area contributed by atoms with Crippen molar-refractivity contribution in [3.8, 4) is 11.3 Å². The third kappa shape index (κ3) is 3.76. The molecule has 3 aromatic carbocycles. The maximum atomic E-state index is 12.5. The lowest BCUT2D eigenvalue weighted by molar-refractivity contribution is 0.585. The highest BCUT2D eigenvalue weighted by Crippen LogP contribution is 2.22. The van der Waals surface area contributed by atoms with Crippen molar-refractivity contribution in [3.05, 3.63) is 83.5 Å². The van der Waals surface area contributed by atoms with Gasteiger partial charge in [0.1, 0.15) is 0 Å². The lowest BCUT2D eigenvalue weighted by Gasteiger charge is -2.05. The summed E-state index contributed by atoms with van der Waals surface area (Å²) in [6.07, 6.45) is 2.98. The second-order valence-corrected chi connectivity index (χ2v) is 8.17. The number of aromatic amines is 1. The summed E-state index contributed by atoms with van der Waals surface area (Å²) in [5, 5.41) is 13.2. The van der Waals surface area contributed by atoms with Gasteiger partial charge in [-0.15, -0.1) is 0 Å². The molecule has 6 nitrogen and oxygen atoms in total. The van der Waals surface area contributed by atoms with Gasteiger partial charge in [-0.05, 0) is 35.0 Å². The number of rotatable bonds is 5. The van der Waals surface area contributed by atoms with Gasteiger partial charge in [0.25, 0.3) is 10.0 Å². The van der Waals surface area contributed by atoms with Gasteiger partial charge in [0, 0.05) is 16.1 Å². The van der Waals surface area contributed by atoms with Crippen LogP contribution in [0.4, 0.5) is 0 Å². The van der Waals surface area contributed by atoms with Crippen LogP contribution in [-0.2, 0) is 10.0 Å². The molecule has 2 N–H and O–H groups in total. The molecule has 0 aliphatic rings. The second kappa shape index (κ2) is 7.46. The Morgan fingerprint density at radius 2 is 1.75 bits per heavy atom. The van der Waals surface area contributed by atoms with Gasteiger partial charge < -0.3 is 0 Å². The molecule has 28 heavy (non-hydrogen) atoms. The maximum Gasteiger partial charge on any atom is 0.276 e. The molecule has 140 valence electrons. The first-order chi connectivity index (χ1) is 13.5. The van der Waals surface area contributed by atoms with Crippen molar-refractivity contribution in [3.63, 3.8) is 0 Å². The van der Waals surface area contributed by atoms with Crippen LogP contribution in [0.1, 0.15) is 5.56 Å². The fraction of sp³-hybridized carbons (Fsp3) is 0. The summed E-state index contributed by atoms with van der Waals surface area (Å²) in [7, 11) is -3.78. The van der Waals surface area contributed by atoms with E-state index in [0.717, 1.165) is 16.3 Å². The van der Waals surface area contributed by atoms with Crippen molar-refractivity contribution < 1.29 is 8.42 Å². The van der Waals surface area contributed by atoms with Gasteiger partial charge in [-0.25, -0.2) is 4.83 Å². The molecule has 0 bridgehead atoms. The van der Waals surface area contributed by atoms with E-state index in [2.05, 4.69) is 20.1 Å². The number of nitrogens with zero attached hydrogens (tertiary/aromatic N) is 2. The number of benzene rings is 3. The van der Waals surface area contributed by atoms with Crippen molar-refractivity contribution in [2.75, 3.05) is 0 Å². The monoisotopic (exact) mass is 410 g/mol. The van der Waals surface area contributed by atoms with Crippen molar-refractivity contribution >= 4 is 38.6 Å². The van der Waals surface area contributed by atoms with Crippen LogP contribution in [0.5, 0.6) is 0 Å². The van der Waals surface area contributed by atoms with Crippen LogP contribution in [0.3, 0.4) is 0 Å². The van der Waals surface area contributed by atoms with E-state index >= 15 is 0 Å².